The Hall–Kier alpha value is -1.43. The lowest BCUT2D eigenvalue weighted by molar-refractivity contribution is -0.159. The Labute approximate surface area is 99.0 Å². The molecule has 2 aliphatic rings. The van der Waals surface area contributed by atoms with Crippen LogP contribution in [0.5, 0.6) is 0 Å². The summed E-state index contributed by atoms with van der Waals surface area (Å²) in [5.74, 6) is -1.83. The van der Waals surface area contributed by atoms with E-state index in [1.54, 1.807) is 0 Å². The van der Waals surface area contributed by atoms with Crippen LogP contribution in [-0.2, 0) is 14.4 Å². The summed E-state index contributed by atoms with van der Waals surface area (Å²) in [6, 6.07) is 0. The van der Waals surface area contributed by atoms with Gasteiger partial charge >= 0.3 is 5.97 Å². The summed E-state index contributed by atoms with van der Waals surface area (Å²) in [7, 11) is 0. The number of hydrogen-bond donors (Lipinski definition) is 2. The third kappa shape index (κ3) is 2.46. The normalized spacial score (nSPS) is 24.1. The van der Waals surface area contributed by atoms with Gasteiger partial charge in [0.05, 0.1) is 0 Å². The van der Waals surface area contributed by atoms with Gasteiger partial charge < -0.3 is 10.4 Å². The maximum absolute atomic E-state index is 11.8. The molecule has 0 aliphatic carbocycles. The molecule has 0 aromatic rings. The average Bonchev–Trinajstić information content (AvgIpc) is 2.24. The summed E-state index contributed by atoms with van der Waals surface area (Å²) in [6.07, 6.45) is 2.22. The largest absolute Gasteiger partial charge is 0.480 e. The van der Waals surface area contributed by atoms with E-state index in [4.69, 9.17) is 5.11 Å². The highest BCUT2D eigenvalue weighted by Crippen LogP contribution is 2.40. The van der Waals surface area contributed by atoms with Crippen molar-refractivity contribution in [2.24, 2.45) is 5.41 Å². The van der Waals surface area contributed by atoms with Crippen LogP contribution < -0.4 is 5.32 Å². The molecule has 2 amide bonds. The maximum Gasteiger partial charge on any atom is 0.323 e. The van der Waals surface area contributed by atoms with Gasteiger partial charge in [-0.2, -0.15) is 0 Å². The molecule has 1 spiro atoms. The third-order valence-electron chi connectivity index (χ3n) is 3.61. The number of rotatable bonds is 2. The number of piperidine rings is 2. The van der Waals surface area contributed by atoms with Crippen molar-refractivity contribution in [3.63, 3.8) is 0 Å². The van der Waals surface area contributed by atoms with Gasteiger partial charge in [0.1, 0.15) is 6.54 Å². The van der Waals surface area contributed by atoms with Crippen LogP contribution in [-0.4, -0.2) is 47.4 Å². The van der Waals surface area contributed by atoms with E-state index in [9.17, 15) is 14.4 Å². The molecular formula is C11H16N2O4. The molecule has 0 aromatic heterocycles. The molecule has 2 saturated heterocycles. The molecule has 2 fully saturated rings. The SMILES string of the molecule is O=C(O)CN1C(=O)CC2(CCNCC2)CC1=O. The first kappa shape index (κ1) is 12.0. The predicted octanol–water partition coefficient (Wildman–Crippen LogP) is -0.410. The topological polar surface area (TPSA) is 86.7 Å². The van der Waals surface area contributed by atoms with Crippen molar-refractivity contribution < 1.29 is 19.5 Å². The fraction of sp³-hybridized carbons (Fsp3) is 0.727. The van der Waals surface area contributed by atoms with Gasteiger partial charge in [-0.1, -0.05) is 0 Å². The van der Waals surface area contributed by atoms with E-state index in [1.165, 1.54) is 0 Å². The molecule has 0 aromatic carbocycles. The van der Waals surface area contributed by atoms with Gasteiger partial charge in [-0.05, 0) is 31.3 Å². The molecule has 2 rings (SSSR count). The fourth-order valence-corrected chi connectivity index (χ4v) is 2.66. The van der Waals surface area contributed by atoms with Gasteiger partial charge in [0.15, 0.2) is 0 Å². The molecular weight excluding hydrogens is 224 g/mol. The Balaban J connectivity index is 2.09. The number of likely N-dealkylation sites (tertiary alicyclic amines) is 1. The molecule has 2 heterocycles. The van der Waals surface area contributed by atoms with Gasteiger partial charge in [0.25, 0.3) is 0 Å². The van der Waals surface area contributed by atoms with Crippen LogP contribution in [0.4, 0.5) is 0 Å². The quantitative estimate of drug-likeness (QED) is 0.641. The molecule has 0 radical (unpaired) electrons. The number of hydrogen-bond acceptors (Lipinski definition) is 4. The smallest absolute Gasteiger partial charge is 0.323 e. The standard InChI is InChI=1S/C11H16N2O4/c14-8-5-11(1-3-12-4-2-11)6-9(15)13(8)7-10(16)17/h12H,1-7H2,(H,16,17). The zero-order valence-electron chi connectivity index (χ0n) is 9.57. The van der Waals surface area contributed by atoms with E-state index in [1.807, 2.05) is 0 Å². The molecule has 0 unspecified atom stereocenters. The van der Waals surface area contributed by atoms with E-state index in [2.05, 4.69) is 5.32 Å². The van der Waals surface area contributed by atoms with Crippen LogP contribution in [0.3, 0.4) is 0 Å². The molecule has 17 heavy (non-hydrogen) atoms. The van der Waals surface area contributed by atoms with E-state index in [0.29, 0.717) is 12.8 Å². The number of amides is 2. The highest BCUT2D eigenvalue weighted by molar-refractivity contribution is 6.00. The van der Waals surface area contributed by atoms with Crippen LogP contribution >= 0.6 is 0 Å². The summed E-state index contributed by atoms with van der Waals surface area (Å²) < 4.78 is 0. The van der Waals surface area contributed by atoms with Crippen LogP contribution in [0.25, 0.3) is 0 Å². The Bertz CT molecular complexity index is 340. The van der Waals surface area contributed by atoms with Crippen molar-refractivity contribution >= 4 is 17.8 Å². The minimum atomic E-state index is -1.15. The van der Waals surface area contributed by atoms with Crippen molar-refractivity contribution in [3.05, 3.63) is 0 Å². The molecule has 6 heteroatoms. The van der Waals surface area contributed by atoms with Crippen LogP contribution in [0.1, 0.15) is 25.7 Å². The lowest BCUT2D eigenvalue weighted by Gasteiger charge is -2.42. The number of nitrogens with one attached hydrogen (secondary N) is 1. The lowest BCUT2D eigenvalue weighted by atomic mass is 9.71. The molecule has 2 aliphatic heterocycles. The third-order valence-corrected chi connectivity index (χ3v) is 3.61. The van der Waals surface area contributed by atoms with Crippen molar-refractivity contribution in [3.8, 4) is 0 Å². The number of carbonyl (C=O) groups excluding carboxylic acids is 2. The average molecular weight is 240 g/mol. The van der Waals surface area contributed by atoms with Gasteiger partial charge in [0.2, 0.25) is 11.8 Å². The monoisotopic (exact) mass is 240 g/mol. The first-order chi connectivity index (χ1) is 8.02. The highest BCUT2D eigenvalue weighted by atomic mass is 16.4. The Morgan fingerprint density at radius 3 is 2.24 bits per heavy atom. The number of carboxylic acid groups (broad SMARTS) is 1. The van der Waals surface area contributed by atoms with Crippen molar-refractivity contribution in [1.82, 2.24) is 10.2 Å². The second-order valence-electron chi connectivity index (χ2n) is 4.87. The molecule has 0 bridgehead atoms. The Morgan fingerprint density at radius 1 is 1.24 bits per heavy atom. The highest BCUT2D eigenvalue weighted by Gasteiger charge is 2.44. The van der Waals surface area contributed by atoms with Crippen molar-refractivity contribution in [2.45, 2.75) is 25.7 Å². The second kappa shape index (κ2) is 4.44. The summed E-state index contributed by atoms with van der Waals surface area (Å²) >= 11 is 0. The van der Waals surface area contributed by atoms with Crippen LogP contribution in [0, 0.1) is 5.41 Å². The number of imide groups is 1. The molecule has 94 valence electrons. The van der Waals surface area contributed by atoms with Crippen molar-refractivity contribution in [2.75, 3.05) is 19.6 Å². The number of aliphatic carboxylic acids is 1. The first-order valence-corrected chi connectivity index (χ1v) is 5.78. The van der Waals surface area contributed by atoms with Gasteiger partial charge in [-0.25, -0.2) is 0 Å². The minimum absolute atomic E-state index is 0.228. The predicted molar refractivity (Wildman–Crippen MR) is 58.1 cm³/mol. The number of carbonyl (C=O) groups is 3. The van der Waals surface area contributed by atoms with Crippen LogP contribution in [0.2, 0.25) is 0 Å². The molecule has 0 saturated carbocycles. The lowest BCUT2D eigenvalue weighted by Crippen LogP contribution is -2.52. The summed E-state index contributed by atoms with van der Waals surface area (Å²) in [4.78, 5) is 35.1. The zero-order chi connectivity index (χ0) is 12.5. The number of carboxylic acids is 1. The van der Waals surface area contributed by atoms with E-state index in [-0.39, 0.29) is 17.2 Å². The van der Waals surface area contributed by atoms with E-state index in [0.717, 1.165) is 30.8 Å². The van der Waals surface area contributed by atoms with Crippen LogP contribution in [0.15, 0.2) is 0 Å². The Kier molecular flexibility index (Phi) is 3.15. The van der Waals surface area contributed by atoms with E-state index >= 15 is 0 Å². The zero-order valence-corrected chi connectivity index (χ0v) is 9.57. The second-order valence-corrected chi connectivity index (χ2v) is 4.87. The van der Waals surface area contributed by atoms with Crippen molar-refractivity contribution in [1.29, 1.82) is 0 Å². The van der Waals surface area contributed by atoms with Gasteiger partial charge in [-0.15, -0.1) is 0 Å². The Morgan fingerprint density at radius 2 is 1.76 bits per heavy atom. The first-order valence-electron chi connectivity index (χ1n) is 5.78. The minimum Gasteiger partial charge on any atom is -0.480 e. The summed E-state index contributed by atoms with van der Waals surface area (Å²) in [5, 5.41) is 11.8. The van der Waals surface area contributed by atoms with E-state index < -0.39 is 12.5 Å². The number of nitrogens with zero attached hydrogens (tertiary/aromatic N) is 1. The maximum atomic E-state index is 11.8. The molecule has 0 atom stereocenters. The summed E-state index contributed by atoms with van der Waals surface area (Å²) in [5.41, 5.74) is -0.228. The fourth-order valence-electron chi connectivity index (χ4n) is 2.66. The molecule has 6 nitrogen and oxygen atoms in total. The summed E-state index contributed by atoms with van der Waals surface area (Å²) in [6.45, 7) is 1.13. The molecule has 2 N–H and O–H groups in total. The van der Waals surface area contributed by atoms with Gasteiger partial charge in [-0.3, -0.25) is 19.3 Å². The van der Waals surface area contributed by atoms with Gasteiger partial charge in [0, 0.05) is 12.8 Å².